The van der Waals surface area contributed by atoms with Crippen LogP contribution in [0.3, 0.4) is 0 Å². The van der Waals surface area contributed by atoms with Crippen LogP contribution in [0.1, 0.15) is 98.3 Å². The Labute approximate surface area is 159 Å². The van der Waals surface area contributed by atoms with Crippen molar-refractivity contribution < 1.29 is 14.3 Å². The normalized spacial score (nSPS) is 45.8. The van der Waals surface area contributed by atoms with E-state index in [9.17, 15) is 4.79 Å². The van der Waals surface area contributed by atoms with Gasteiger partial charge < -0.3 is 9.47 Å². The average molecular weight is 363 g/mol. The molecular formula is C23H38O3. The van der Waals surface area contributed by atoms with Crippen molar-refractivity contribution in [3.05, 3.63) is 0 Å². The lowest BCUT2D eigenvalue weighted by Gasteiger charge is -2.45. The van der Waals surface area contributed by atoms with E-state index in [1.54, 1.807) is 0 Å². The van der Waals surface area contributed by atoms with Gasteiger partial charge in [0.15, 0.2) is 11.6 Å². The molecular weight excluding hydrogens is 324 g/mol. The topological polar surface area (TPSA) is 35.5 Å². The lowest BCUT2D eigenvalue weighted by molar-refractivity contribution is -0.254. The number of hydrogen-bond acceptors (Lipinski definition) is 3. The zero-order valence-electron chi connectivity index (χ0n) is 17.3. The number of rotatable bonds is 7. The van der Waals surface area contributed by atoms with E-state index in [0.29, 0.717) is 24.0 Å². The number of ketones is 1. The van der Waals surface area contributed by atoms with Gasteiger partial charge in [-0.25, -0.2) is 0 Å². The molecule has 0 amide bonds. The highest BCUT2D eigenvalue weighted by molar-refractivity contribution is 5.87. The fraction of sp³-hybridized carbons (Fsp3) is 0.957. The van der Waals surface area contributed by atoms with Crippen LogP contribution in [-0.2, 0) is 14.3 Å². The molecule has 0 aromatic heterocycles. The molecule has 4 rings (SSSR count). The second-order valence-electron chi connectivity index (χ2n) is 10.4. The summed E-state index contributed by atoms with van der Waals surface area (Å²) in [7, 11) is 0. The second-order valence-corrected chi connectivity index (χ2v) is 10.4. The van der Waals surface area contributed by atoms with E-state index in [2.05, 4.69) is 27.7 Å². The molecule has 3 aliphatic carbocycles. The van der Waals surface area contributed by atoms with Crippen molar-refractivity contribution >= 4 is 5.78 Å². The van der Waals surface area contributed by atoms with Gasteiger partial charge in [0, 0.05) is 18.3 Å². The lowest BCUT2D eigenvalue weighted by atomic mass is 9.68. The summed E-state index contributed by atoms with van der Waals surface area (Å²) >= 11 is 0. The van der Waals surface area contributed by atoms with E-state index in [4.69, 9.17) is 9.47 Å². The van der Waals surface area contributed by atoms with Gasteiger partial charge in [0.25, 0.3) is 0 Å². The first-order chi connectivity index (χ1) is 12.3. The number of hydrogen-bond donors (Lipinski definition) is 0. The maximum atomic E-state index is 12.6. The number of fused-ring (bicyclic) bond motifs is 4. The van der Waals surface area contributed by atoms with Crippen LogP contribution in [-0.4, -0.2) is 23.8 Å². The molecule has 0 radical (unpaired) electrons. The second kappa shape index (κ2) is 6.58. The minimum atomic E-state index is -0.496. The molecule has 6 atom stereocenters. The summed E-state index contributed by atoms with van der Waals surface area (Å²) in [4.78, 5) is 12.6. The fourth-order valence-corrected chi connectivity index (χ4v) is 6.66. The van der Waals surface area contributed by atoms with Gasteiger partial charge in [0.2, 0.25) is 0 Å². The quantitative estimate of drug-likeness (QED) is 0.549. The molecule has 3 saturated carbocycles. The third kappa shape index (κ3) is 2.56. The highest BCUT2D eigenvalue weighted by atomic mass is 16.8. The molecule has 1 heterocycles. The summed E-state index contributed by atoms with van der Waals surface area (Å²) in [6, 6.07) is 0. The van der Waals surface area contributed by atoms with Crippen LogP contribution in [0.15, 0.2) is 0 Å². The van der Waals surface area contributed by atoms with Crippen LogP contribution in [0.2, 0.25) is 0 Å². The Morgan fingerprint density at radius 3 is 2.42 bits per heavy atom. The molecule has 0 N–H and O–H groups in total. The van der Waals surface area contributed by atoms with E-state index in [-0.39, 0.29) is 23.0 Å². The predicted octanol–water partition coefficient (Wildman–Crippen LogP) is 5.65. The van der Waals surface area contributed by atoms with E-state index >= 15 is 0 Å². The number of carbonyl (C=O) groups excluding carboxylic acids is 1. The van der Waals surface area contributed by atoms with Crippen molar-refractivity contribution in [2.75, 3.05) is 0 Å². The maximum absolute atomic E-state index is 12.6. The van der Waals surface area contributed by atoms with Gasteiger partial charge in [-0.2, -0.15) is 0 Å². The Bertz CT molecular complexity index is 556. The highest BCUT2D eigenvalue weighted by Gasteiger charge is 2.75. The van der Waals surface area contributed by atoms with Gasteiger partial charge >= 0.3 is 0 Å². The average Bonchev–Trinajstić information content (AvgIpc) is 3.22. The van der Waals surface area contributed by atoms with Crippen LogP contribution in [0.5, 0.6) is 0 Å². The fourth-order valence-electron chi connectivity index (χ4n) is 6.66. The predicted molar refractivity (Wildman–Crippen MR) is 103 cm³/mol. The Morgan fingerprint density at radius 2 is 1.77 bits per heavy atom. The standard InChI is InChI=1S/C23H38O3/c1-5-6-7-8-9-10-11-16-14-18(24)20-19(16)25-23(26-20)15-17-12-13-22(23,4)21(17,2)3/h16-17,19-20H,5-15H2,1-4H3/t16-,17+,19-,20+,22+,23-/m0/s1. The van der Waals surface area contributed by atoms with Gasteiger partial charge in [0.1, 0.15) is 6.10 Å². The first-order valence-electron chi connectivity index (χ1n) is 11.2. The van der Waals surface area contributed by atoms with Gasteiger partial charge in [-0.3, -0.25) is 4.79 Å². The van der Waals surface area contributed by atoms with Gasteiger partial charge in [-0.05, 0) is 36.5 Å². The molecule has 3 heteroatoms. The van der Waals surface area contributed by atoms with Crippen molar-refractivity contribution in [2.45, 2.75) is 116 Å². The smallest absolute Gasteiger partial charge is 0.175 e. The van der Waals surface area contributed by atoms with Crippen molar-refractivity contribution in [2.24, 2.45) is 22.7 Å². The zero-order valence-corrected chi connectivity index (χ0v) is 17.3. The number of unbranched alkanes of at least 4 members (excludes halogenated alkanes) is 5. The first-order valence-corrected chi connectivity index (χ1v) is 11.2. The van der Waals surface area contributed by atoms with E-state index in [1.807, 2.05) is 0 Å². The summed E-state index contributed by atoms with van der Waals surface area (Å²) in [6.45, 7) is 9.38. The number of ether oxygens (including phenoxy) is 2. The van der Waals surface area contributed by atoms with E-state index < -0.39 is 5.79 Å². The molecule has 0 aromatic rings. The Morgan fingerprint density at radius 1 is 1.04 bits per heavy atom. The van der Waals surface area contributed by atoms with Crippen LogP contribution >= 0.6 is 0 Å². The summed E-state index contributed by atoms with van der Waals surface area (Å²) in [5.41, 5.74) is 0.281. The Kier molecular flexibility index (Phi) is 4.79. The van der Waals surface area contributed by atoms with Crippen LogP contribution in [0, 0.1) is 22.7 Å². The van der Waals surface area contributed by atoms with Crippen molar-refractivity contribution in [1.29, 1.82) is 0 Å². The summed E-state index contributed by atoms with van der Waals surface area (Å²) in [6.07, 6.45) is 12.8. The van der Waals surface area contributed by atoms with Crippen molar-refractivity contribution in [1.82, 2.24) is 0 Å². The molecule has 3 nitrogen and oxygen atoms in total. The number of Topliss-reactive ketones (excluding diaryl/α,β-unsaturated/α-hetero) is 1. The molecule has 2 bridgehead atoms. The SMILES string of the molecule is CCCCCCCC[C@H]1CC(=O)[C@H]2O[C@]3(C[C@H]4CC[C@]3(C)C4(C)C)O[C@@H]12. The Hall–Kier alpha value is -0.410. The lowest BCUT2D eigenvalue weighted by Crippen LogP contribution is -2.49. The molecule has 26 heavy (non-hydrogen) atoms. The van der Waals surface area contributed by atoms with Crippen LogP contribution < -0.4 is 0 Å². The highest BCUT2D eigenvalue weighted by Crippen LogP contribution is 2.73. The molecule has 1 saturated heterocycles. The number of carbonyl (C=O) groups is 1. The molecule has 1 aliphatic heterocycles. The molecule has 1 spiro atoms. The summed E-state index contributed by atoms with van der Waals surface area (Å²) in [5, 5.41) is 0. The van der Waals surface area contributed by atoms with E-state index in [0.717, 1.165) is 12.8 Å². The van der Waals surface area contributed by atoms with E-state index in [1.165, 1.54) is 51.4 Å². The Balaban J connectivity index is 1.40. The molecule has 148 valence electrons. The third-order valence-corrected chi connectivity index (χ3v) is 8.91. The van der Waals surface area contributed by atoms with Gasteiger partial charge in [-0.1, -0.05) is 66.2 Å². The van der Waals surface area contributed by atoms with Crippen LogP contribution in [0.25, 0.3) is 0 Å². The molecule has 4 fully saturated rings. The first kappa shape index (κ1) is 18.9. The molecule has 4 aliphatic rings. The minimum absolute atomic E-state index is 0.0186. The summed E-state index contributed by atoms with van der Waals surface area (Å²) < 4.78 is 13.3. The minimum Gasteiger partial charge on any atom is -0.343 e. The van der Waals surface area contributed by atoms with Gasteiger partial charge in [0.05, 0.1) is 6.10 Å². The van der Waals surface area contributed by atoms with Gasteiger partial charge in [-0.15, -0.1) is 0 Å². The summed E-state index contributed by atoms with van der Waals surface area (Å²) in [5.74, 6) is 0.846. The zero-order chi connectivity index (χ0) is 18.6. The largest absolute Gasteiger partial charge is 0.343 e. The maximum Gasteiger partial charge on any atom is 0.175 e. The monoisotopic (exact) mass is 362 g/mol. The van der Waals surface area contributed by atoms with Crippen molar-refractivity contribution in [3.8, 4) is 0 Å². The van der Waals surface area contributed by atoms with Crippen molar-refractivity contribution in [3.63, 3.8) is 0 Å². The molecule has 0 aromatic carbocycles. The van der Waals surface area contributed by atoms with Crippen LogP contribution in [0.4, 0.5) is 0 Å². The molecule has 0 unspecified atom stereocenters. The third-order valence-electron chi connectivity index (χ3n) is 8.91.